The number of fused-ring (bicyclic) bond motifs is 1. The molecule has 1 heterocycles. The van der Waals surface area contributed by atoms with Gasteiger partial charge in [0.1, 0.15) is 19.0 Å². The molecule has 192 valence electrons. The van der Waals surface area contributed by atoms with Crippen LogP contribution in [0.15, 0.2) is 76.6 Å². The van der Waals surface area contributed by atoms with Crippen LogP contribution in [0.5, 0.6) is 17.2 Å². The van der Waals surface area contributed by atoms with E-state index in [1.807, 2.05) is 48.5 Å². The van der Waals surface area contributed by atoms with Crippen LogP contribution in [0.1, 0.15) is 58.9 Å². The number of aromatic nitrogens is 1. The smallest absolute Gasteiger partial charge is 0.297 e. The highest BCUT2D eigenvalue weighted by atomic mass is 16.5. The van der Waals surface area contributed by atoms with Crippen molar-refractivity contribution in [3.05, 3.63) is 87.7 Å². The number of hydrogen-bond donors (Lipinski definition) is 0. The first-order chi connectivity index (χ1) is 17.4. The summed E-state index contributed by atoms with van der Waals surface area (Å²) in [6, 6.07) is 15.8. The van der Waals surface area contributed by atoms with E-state index in [9.17, 15) is 4.79 Å². The van der Waals surface area contributed by atoms with Crippen LogP contribution in [0, 0.1) is 0 Å². The lowest BCUT2D eigenvalue weighted by Gasteiger charge is -2.17. The van der Waals surface area contributed by atoms with Gasteiger partial charge in [-0.3, -0.25) is 4.79 Å². The van der Waals surface area contributed by atoms with Gasteiger partial charge in [0.25, 0.3) is 5.56 Å². The van der Waals surface area contributed by atoms with Crippen LogP contribution in [0.4, 0.5) is 0 Å². The van der Waals surface area contributed by atoms with Crippen LogP contribution in [-0.2, 0) is 13.7 Å². The van der Waals surface area contributed by atoms with Gasteiger partial charge in [0.2, 0.25) is 5.75 Å². The Hall–Kier alpha value is -3.47. The zero-order chi connectivity index (χ0) is 25.9. The first-order valence-electron chi connectivity index (χ1n) is 12.8. The summed E-state index contributed by atoms with van der Waals surface area (Å²) in [5.41, 5.74) is 4.20. The van der Waals surface area contributed by atoms with Gasteiger partial charge in [-0.2, -0.15) is 0 Å². The molecule has 5 nitrogen and oxygen atoms in total. The molecule has 0 aliphatic carbocycles. The first-order valence-corrected chi connectivity index (χ1v) is 12.8. The minimum absolute atomic E-state index is 0.210. The minimum Gasteiger partial charge on any atom is -0.489 e. The standard InChI is InChI=1S/C31H39NO4/c1-6-7-19-34-30-29(35-20-18-24(4)13-11-12-23(2)3)27-17-16-26(21-28(27)32(5)31(30)33)36-22-25-14-9-8-10-15-25/h8-10,12,14-18,21H,6-7,11,13,19-20,22H2,1-5H3/b24-18+. The van der Waals surface area contributed by atoms with Crippen molar-refractivity contribution in [2.24, 2.45) is 7.05 Å². The average molecular weight is 490 g/mol. The maximum Gasteiger partial charge on any atom is 0.297 e. The van der Waals surface area contributed by atoms with Gasteiger partial charge < -0.3 is 18.8 Å². The number of ether oxygens (including phenoxy) is 3. The van der Waals surface area contributed by atoms with Gasteiger partial charge in [-0.15, -0.1) is 0 Å². The third-order valence-corrected chi connectivity index (χ3v) is 6.02. The molecule has 0 aliphatic heterocycles. The number of rotatable bonds is 13. The summed E-state index contributed by atoms with van der Waals surface area (Å²) in [4.78, 5) is 13.3. The van der Waals surface area contributed by atoms with E-state index in [2.05, 4.69) is 39.8 Å². The number of pyridine rings is 1. The molecule has 0 amide bonds. The molecule has 36 heavy (non-hydrogen) atoms. The topological polar surface area (TPSA) is 49.7 Å². The van der Waals surface area contributed by atoms with E-state index in [1.165, 1.54) is 11.1 Å². The summed E-state index contributed by atoms with van der Waals surface area (Å²) in [6.07, 6.45) is 8.17. The van der Waals surface area contributed by atoms with E-state index in [1.54, 1.807) is 11.6 Å². The van der Waals surface area contributed by atoms with Gasteiger partial charge in [0, 0.05) is 18.5 Å². The third-order valence-electron chi connectivity index (χ3n) is 6.02. The molecule has 3 rings (SSSR count). The lowest BCUT2D eigenvalue weighted by atomic mass is 10.1. The Kier molecular flexibility index (Phi) is 10.2. The Morgan fingerprint density at radius 2 is 1.72 bits per heavy atom. The molecule has 0 saturated heterocycles. The molecule has 2 aromatic carbocycles. The van der Waals surface area contributed by atoms with Crippen LogP contribution in [0.25, 0.3) is 10.9 Å². The van der Waals surface area contributed by atoms with Crippen LogP contribution in [0.2, 0.25) is 0 Å². The van der Waals surface area contributed by atoms with E-state index < -0.39 is 0 Å². The van der Waals surface area contributed by atoms with E-state index in [-0.39, 0.29) is 11.3 Å². The number of nitrogens with zero attached hydrogens (tertiary/aromatic N) is 1. The normalized spacial score (nSPS) is 11.4. The second-order valence-electron chi connectivity index (χ2n) is 9.36. The molecular formula is C31H39NO4. The predicted molar refractivity (Wildman–Crippen MR) is 148 cm³/mol. The van der Waals surface area contributed by atoms with Crippen LogP contribution in [0.3, 0.4) is 0 Å². The van der Waals surface area contributed by atoms with Gasteiger partial charge in [0.05, 0.1) is 12.1 Å². The van der Waals surface area contributed by atoms with Crippen LogP contribution >= 0.6 is 0 Å². The maximum atomic E-state index is 13.3. The summed E-state index contributed by atoms with van der Waals surface area (Å²) < 4.78 is 19.8. The Morgan fingerprint density at radius 1 is 0.944 bits per heavy atom. The molecule has 0 atom stereocenters. The highest BCUT2D eigenvalue weighted by molar-refractivity contribution is 5.89. The maximum absolute atomic E-state index is 13.3. The van der Waals surface area contributed by atoms with E-state index in [0.717, 1.165) is 42.1 Å². The average Bonchev–Trinajstić information content (AvgIpc) is 2.87. The van der Waals surface area contributed by atoms with Crippen molar-refractivity contribution >= 4 is 10.9 Å². The van der Waals surface area contributed by atoms with Crippen molar-refractivity contribution in [3.63, 3.8) is 0 Å². The fourth-order valence-corrected chi connectivity index (χ4v) is 3.84. The van der Waals surface area contributed by atoms with Crippen molar-refractivity contribution in [2.75, 3.05) is 13.2 Å². The molecule has 1 aromatic heterocycles. The summed E-state index contributed by atoms with van der Waals surface area (Å²) in [5, 5.41) is 0.825. The summed E-state index contributed by atoms with van der Waals surface area (Å²) in [6.45, 7) is 9.74. The monoisotopic (exact) mass is 489 g/mol. The van der Waals surface area contributed by atoms with Gasteiger partial charge in [-0.25, -0.2) is 0 Å². The van der Waals surface area contributed by atoms with Gasteiger partial charge in [-0.1, -0.05) is 60.9 Å². The zero-order valence-corrected chi connectivity index (χ0v) is 22.3. The van der Waals surface area contributed by atoms with Crippen LogP contribution in [-0.4, -0.2) is 17.8 Å². The van der Waals surface area contributed by atoms with Gasteiger partial charge in [-0.05, 0) is 63.8 Å². The lowest BCUT2D eigenvalue weighted by molar-refractivity contribution is 0.275. The Morgan fingerprint density at radius 3 is 2.44 bits per heavy atom. The Balaban J connectivity index is 1.89. The molecule has 0 unspecified atom stereocenters. The second kappa shape index (κ2) is 13.6. The molecule has 0 radical (unpaired) electrons. The van der Waals surface area contributed by atoms with Crippen molar-refractivity contribution in [3.8, 4) is 17.2 Å². The Bertz CT molecular complexity index is 1250. The van der Waals surface area contributed by atoms with Crippen molar-refractivity contribution in [2.45, 2.75) is 60.0 Å². The molecule has 5 heteroatoms. The summed E-state index contributed by atoms with van der Waals surface area (Å²) in [5.74, 6) is 1.46. The van der Waals surface area contributed by atoms with Crippen molar-refractivity contribution in [1.29, 1.82) is 0 Å². The molecular weight excluding hydrogens is 450 g/mol. The highest BCUT2D eigenvalue weighted by Crippen LogP contribution is 2.35. The van der Waals surface area contributed by atoms with Gasteiger partial charge in [0.15, 0.2) is 5.75 Å². The largest absolute Gasteiger partial charge is 0.489 e. The predicted octanol–water partition coefficient (Wildman–Crippen LogP) is 7.37. The van der Waals surface area contributed by atoms with Crippen molar-refractivity contribution < 1.29 is 14.2 Å². The number of hydrogen-bond acceptors (Lipinski definition) is 4. The molecule has 0 spiro atoms. The zero-order valence-electron chi connectivity index (χ0n) is 22.3. The fourth-order valence-electron chi connectivity index (χ4n) is 3.84. The van der Waals surface area contributed by atoms with Crippen LogP contribution < -0.4 is 19.8 Å². The Labute approximate surface area is 215 Å². The number of allylic oxidation sites excluding steroid dienone is 3. The molecule has 3 aromatic rings. The summed E-state index contributed by atoms with van der Waals surface area (Å²) >= 11 is 0. The molecule has 0 bridgehead atoms. The van der Waals surface area contributed by atoms with Gasteiger partial charge >= 0.3 is 0 Å². The molecule has 0 N–H and O–H groups in total. The van der Waals surface area contributed by atoms with E-state index >= 15 is 0 Å². The SMILES string of the molecule is CCCCOc1c(OC/C=C(\C)CCC=C(C)C)c2ccc(OCc3ccccc3)cc2n(C)c1=O. The minimum atomic E-state index is -0.210. The van der Waals surface area contributed by atoms with E-state index in [0.29, 0.717) is 31.3 Å². The first kappa shape index (κ1) is 27.1. The fraction of sp³-hybridized carbons (Fsp3) is 0.387. The second-order valence-corrected chi connectivity index (χ2v) is 9.36. The number of benzene rings is 2. The van der Waals surface area contributed by atoms with Crippen molar-refractivity contribution in [1.82, 2.24) is 4.57 Å². The molecule has 0 saturated carbocycles. The number of unbranched alkanes of at least 4 members (excludes halogenated alkanes) is 1. The summed E-state index contributed by atoms with van der Waals surface area (Å²) in [7, 11) is 1.76. The molecule has 0 fully saturated rings. The lowest BCUT2D eigenvalue weighted by Crippen LogP contribution is -2.21. The highest BCUT2D eigenvalue weighted by Gasteiger charge is 2.19. The third kappa shape index (κ3) is 7.51. The number of aryl methyl sites for hydroxylation is 1. The molecule has 0 aliphatic rings. The van der Waals surface area contributed by atoms with E-state index in [4.69, 9.17) is 14.2 Å². The quantitative estimate of drug-likeness (QED) is 0.186.